The van der Waals surface area contributed by atoms with Crippen molar-refractivity contribution in [3.8, 4) is 0 Å². The van der Waals surface area contributed by atoms with Crippen LogP contribution in [0.3, 0.4) is 0 Å². The molecule has 11 nitrogen and oxygen atoms in total. The second-order valence-corrected chi connectivity index (χ2v) is 11.6. The van der Waals surface area contributed by atoms with Crippen molar-refractivity contribution in [2.75, 3.05) is 23.9 Å². The molecule has 2 aromatic carbocycles. The number of unbranched alkanes of at least 4 members (excludes halogenated alkanes) is 1. The predicted molar refractivity (Wildman–Crippen MR) is 173 cm³/mol. The third kappa shape index (κ3) is 10.5. The molecule has 1 heterocycles. The maximum Gasteiger partial charge on any atom is 0.336 e. The van der Waals surface area contributed by atoms with Gasteiger partial charge in [0.2, 0.25) is 23.6 Å². The SMILES string of the molecule is CSCC[C@H](NC(=O)[C@H](Cc1ccccc1)NC(C)=O)C(=O)N[C@@H](CCCCN)C(=O)Nc1ccc2c(C)cc(=O)oc2c1. The lowest BCUT2D eigenvalue weighted by molar-refractivity contribution is -0.133. The van der Waals surface area contributed by atoms with Gasteiger partial charge in [0.25, 0.3) is 0 Å². The van der Waals surface area contributed by atoms with E-state index >= 15 is 0 Å². The molecule has 0 aliphatic rings. The number of nitrogens with two attached hydrogens (primary N) is 1. The molecule has 0 saturated heterocycles. The highest BCUT2D eigenvalue weighted by Gasteiger charge is 2.29. The molecule has 0 aliphatic heterocycles. The first-order valence-corrected chi connectivity index (χ1v) is 16.0. The average molecular weight is 624 g/mol. The van der Waals surface area contributed by atoms with E-state index in [-0.39, 0.29) is 12.3 Å². The third-order valence-corrected chi connectivity index (χ3v) is 7.66. The molecule has 0 radical (unpaired) electrons. The van der Waals surface area contributed by atoms with E-state index in [2.05, 4.69) is 21.3 Å². The van der Waals surface area contributed by atoms with Gasteiger partial charge in [0.05, 0.1) is 0 Å². The van der Waals surface area contributed by atoms with Gasteiger partial charge < -0.3 is 31.4 Å². The Labute approximate surface area is 261 Å². The van der Waals surface area contributed by atoms with Gasteiger partial charge in [0, 0.05) is 36.6 Å². The highest BCUT2D eigenvalue weighted by atomic mass is 32.2. The molecule has 0 aliphatic carbocycles. The van der Waals surface area contributed by atoms with Crippen LogP contribution in [0.25, 0.3) is 11.0 Å². The van der Waals surface area contributed by atoms with E-state index in [0.717, 1.165) is 16.5 Å². The van der Waals surface area contributed by atoms with Gasteiger partial charge in [0.15, 0.2) is 0 Å². The second kappa shape index (κ2) is 17.2. The van der Waals surface area contributed by atoms with Crippen molar-refractivity contribution in [1.82, 2.24) is 16.0 Å². The van der Waals surface area contributed by atoms with Crippen molar-refractivity contribution in [3.63, 3.8) is 0 Å². The molecule has 3 aromatic rings. The molecule has 44 heavy (non-hydrogen) atoms. The number of carbonyl (C=O) groups excluding carboxylic acids is 4. The molecular weight excluding hydrogens is 582 g/mol. The molecule has 12 heteroatoms. The van der Waals surface area contributed by atoms with Gasteiger partial charge in [-0.2, -0.15) is 11.8 Å². The molecule has 0 bridgehead atoms. The lowest BCUT2D eigenvalue weighted by Gasteiger charge is -2.25. The topological polar surface area (TPSA) is 173 Å². The van der Waals surface area contributed by atoms with Crippen LogP contribution in [0.2, 0.25) is 0 Å². The Morgan fingerprint density at radius 2 is 1.55 bits per heavy atom. The summed E-state index contributed by atoms with van der Waals surface area (Å²) < 4.78 is 5.30. The minimum absolute atomic E-state index is 0.249. The molecule has 0 fully saturated rings. The minimum atomic E-state index is -0.940. The molecule has 4 amide bonds. The number of amides is 4. The molecule has 1 aromatic heterocycles. The van der Waals surface area contributed by atoms with Crippen molar-refractivity contribution < 1.29 is 23.6 Å². The van der Waals surface area contributed by atoms with E-state index < -0.39 is 41.5 Å². The Morgan fingerprint density at radius 1 is 0.864 bits per heavy atom. The Balaban J connectivity index is 1.77. The lowest BCUT2D eigenvalue weighted by Crippen LogP contribution is -2.56. The Hall–Kier alpha value is -4.16. The fraction of sp³-hybridized carbons (Fsp3) is 0.406. The van der Waals surface area contributed by atoms with Gasteiger partial charge in [-0.3, -0.25) is 19.2 Å². The molecule has 0 spiro atoms. The Bertz CT molecular complexity index is 1500. The van der Waals surface area contributed by atoms with Crippen molar-refractivity contribution in [1.29, 1.82) is 0 Å². The number of nitrogens with one attached hydrogen (secondary N) is 4. The monoisotopic (exact) mass is 623 g/mol. The number of hydrogen-bond acceptors (Lipinski definition) is 8. The zero-order valence-corrected chi connectivity index (χ0v) is 26.1. The zero-order valence-electron chi connectivity index (χ0n) is 25.3. The van der Waals surface area contributed by atoms with E-state index in [0.29, 0.717) is 49.3 Å². The number of hydrogen-bond donors (Lipinski definition) is 5. The van der Waals surface area contributed by atoms with Crippen LogP contribution in [0.4, 0.5) is 5.69 Å². The van der Waals surface area contributed by atoms with Crippen LogP contribution in [0.1, 0.15) is 43.7 Å². The lowest BCUT2D eigenvalue weighted by atomic mass is 10.0. The normalized spacial score (nSPS) is 13.0. The third-order valence-electron chi connectivity index (χ3n) is 7.02. The first-order valence-electron chi connectivity index (χ1n) is 14.6. The number of fused-ring (bicyclic) bond motifs is 1. The number of carbonyl (C=O) groups is 4. The summed E-state index contributed by atoms with van der Waals surface area (Å²) in [5.41, 5.74) is 7.52. The number of rotatable bonds is 16. The number of thioether (sulfide) groups is 1. The maximum atomic E-state index is 13.6. The molecule has 6 N–H and O–H groups in total. The van der Waals surface area contributed by atoms with Crippen LogP contribution < -0.4 is 32.6 Å². The van der Waals surface area contributed by atoms with Gasteiger partial charge in [-0.1, -0.05) is 30.3 Å². The van der Waals surface area contributed by atoms with Gasteiger partial charge >= 0.3 is 5.63 Å². The van der Waals surface area contributed by atoms with Gasteiger partial charge in [-0.25, -0.2) is 4.79 Å². The van der Waals surface area contributed by atoms with Crippen molar-refractivity contribution >= 4 is 52.0 Å². The summed E-state index contributed by atoms with van der Waals surface area (Å²) >= 11 is 1.52. The molecule has 0 saturated carbocycles. The summed E-state index contributed by atoms with van der Waals surface area (Å²) in [6, 6.07) is 12.9. The molecule has 3 atom stereocenters. The van der Waals surface area contributed by atoms with Crippen LogP contribution >= 0.6 is 11.8 Å². The summed E-state index contributed by atoms with van der Waals surface area (Å²) in [7, 11) is 0. The number of anilines is 1. The van der Waals surface area contributed by atoms with Crippen LogP contribution in [-0.2, 0) is 25.6 Å². The standard InChI is InChI=1S/C32H41N5O6S/c1-20-17-29(39)43-28-19-23(12-13-24(20)28)35-30(40)25(11-7-8-15-33)36-31(41)26(14-16-44-3)37-32(42)27(34-21(2)38)18-22-9-5-4-6-10-22/h4-6,9-10,12-13,17,19,25-27H,7-8,11,14-16,18,33H2,1-3H3,(H,34,38)(H,35,40)(H,36,41)(H,37,42)/t25-,26-,27-/m0/s1. The van der Waals surface area contributed by atoms with Gasteiger partial charge in [0.1, 0.15) is 23.7 Å². The average Bonchev–Trinajstić information content (AvgIpc) is 2.98. The summed E-state index contributed by atoms with van der Waals surface area (Å²) in [6.45, 7) is 3.56. The van der Waals surface area contributed by atoms with E-state index in [1.54, 1.807) is 25.1 Å². The van der Waals surface area contributed by atoms with E-state index in [1.807, 2.05) is 36.6 Å². The Morgan fingerprint density at radius 3 is 2.20 bits per heavy atom. The molecule has 3 rings (SSSR count). The predicted octanol–water partition coefficient (Wildman–Crippen LogP) is 2.64. The van der Waals surface area contributed by atoms with E-state index in [4.69, 9.17) is 10.2 Å². The second-order valence-electron chi connectivity index (χ2n) is 10.6. The van der Waals surface area contributed by atoms with Crippen molar-refractivity contribution in [2.24, 2.45) is 5.73 Å². The highest BCUT2D eigenvalue weighted by Crippen LogP contribution is 2.21. The molecule has 236 valence electrons. The number of aryl methyl sites for hydroxylation is 1. The quantitative estimate of drug-likeness (QED) is 0.120. The molecular formula is C32H41N5O6S. The smallest absolute Gasteiger partial charge is 0.336 e. The summed E-state index contributed by atoms with van der Waals surface area (Å²) in [6.07, 6.45) is 4.02. The largest absolute Gasteiger partial charge is 0.423 e. The van der Waals surface area contributed by atoms with Crippen LogP contribution in [-0.4, -0.2) is 60.3 Å². The van der Waals surface area contributed by atoms with Crippen molar-refractivity contribution in [2.45, 2.75) is 64.1 Å². The first kappa shape index (κ1) is 34.3. The van der Waals surface area contributed by atoms with Gasteiger partial charge in [-0.15, -0.1) is 0 Å². The summed E-state index contributed by atoms with van der Waals surface area (Å²) in [4.78, 5) is 64.1. The van der Waals surface area contributed by atoms with Crippen LogP contribution in [0, 0.1) is 6.92 Å². The highest BCUT2D eigenvalue weighted by molar-refractivity contribution is 7.98. The minimum Gasteiger partial charge on any atom is -0.423 e. The first-order chi connectivity index (χ1) is 21.1. The number of benzene rings is 2. The fourth-order valence-electron chi connectivity index (χ4n) is 4.75. The van der Waals surface area contributed by atoms with Crippen LogP contribution in [0.5, 0.6) is 0 Å². The summed E-state index contributed by atoms with van der Waals surface area (Å²) in [5.74, 6) is -1.26. The van der Waals surface area contributed by atoms with E-state index in [1.165, 1.54) is 24.8 Å². The van der Waals surface area contributed by atoms with Crippen molar-refractivity contribution in [3.05, 3.63) is 76.1 Å². The van der Waals surface area contributed by atoms with Crippen LogP contribution in [0.15, 0.2) is 63.8 Å². The zero-order chi connectivity index (χ0) is 32.1. The summed E-state index contributed by atoms with van der Waals surface area (Å²) in [5, 5.41) is 11.8. The van der Waals surface area contributed by atoms with E-state index in [9.17, 15) is 24.0 Å². The Kier molecular flexibility index (Phi) is 13.4. The van der Waals surface area contributed by atoms with Gasteiger partial charge in [-0.05, 0) is 74.4 Å². The molecule has 0 unspecified atom stereocenters. The maximum absolute atomic E-state index is 13.6. The fourth-order valence-corrected chi connectivity index (χ4v) is 5.22.